The summed E-state index contributed by atoms with van der Waals surface area (Å²) in [5, 5.41) is 0. The summed E-state index contributed by atoms with van der Waals surface area (Å²) < 4.78 is 6.62. The Hall–Kier alpha value is -0.301. The molecule has 0 fully saturated rings. The molecule has 0 atom stereocenters. The molecule has 8 heavy (non-hydrogen) atoms. The minimum atomic E-state index is 0.148. The van der Waals surface area contributed by atoms with Crippen LogP contribution in [0.15, 0.2) is 24.3 Å². The Balaban J connectivity index is 2.83. The fourth-order valence-electron chi connectivity index (χ4n) is 0.450. The second-order valence-electron chi connectivity index (χ2n) is 1.35. The van der Waals surface area contributed by atoms with Crippen molar-refractivity contribution in [2.45, 2.75) is 0 Å². The molecule has 0 aliphatic rings. The zero-order chi connectivity index (χ0) is 5.82. The van der Waals surface area contributed by atoms with Crippen molar-refractivity contribution in [3.63, 3.8) is 0 Å². The molecule has 1 aromatic rings. The van der Waals surface area contributed by atoms with Crippen LogP contribution in [0.1, 0.15) is 0 Å². The average Bonchev–Trinajstić information content (AvgIpc) is 1.90. The van der Waals surface area contributed by atoms with Gasteiger partial charge in [-0.3, -0.25) is 0 Å². The molecule has 1 nitrogen and oxygen atoms in total. The number of nitrogens with two attached hydrogens (primary N) is 1. The number of rotatable bonds is 1. The predicted molar refractivity (Wildman–Crippen MR) is 34.9 cm³/mol. The fraction of sp³-hybridized carbons (Fsp3) is 0. The average molecular weight is 171 g/mol. The van der Waals surface area contributed by atoms with Gasteiger partial charge in [0.2, 0.25) is 0 Å². The van der Waals surface area contributed by atoms with Crippen LogP contribution in [0.2, 0.25) is 0 Å². The summed E-state index contributed by atoms with van der Waals surface area (Å²) in [7, 11) is 0. The van der Waals surface area contributed by atoms with Crippen molar-refractivity contribution >= 4 is 19.6 Å². The fourth-order valence-corrected chi connectivity index (χ4v) is 1.07. The van der Waals surface area contributed by atoms with Crippen LogP contribution in [0.4, 0.5) is 0 Å². The van der Waals surface area contributed by atoms with Crippen LogP contribution in [0.25, 0.3) is 0 Å². The van der Waals surface area contributed by atoms with Crippen molar-refractivity contribution in [2.24, 2.45) is 4.75 Å². The first-order valence-electron chi connectivity index (χ1n) is 2.26. The molecular weight excluding hydrogens is 165 g/mol. The Kier molecular flexibility index (Phi) is 2.10. The number of hydrogen-bond donors (Lipinski definition) is 1. The molecule has 0 heterocycles. The van der Waals surface area contributed by atoms with Gasteiger partial charge < -0.3 is 0 Å². The van der Waals surface area contributed by atoms with Crippen LogP contribution < -0.4 is 9.21 Å². The second kappa shape index (κ2) is 2.88. The van der Waals surface area contributed by atoms with Crippen LogP contribution in [0.3, 0.4) is 0 Å². The van der Waals surface area contributed by atoms with E-state index in [9.17, 15) is 0 Å². The number of benzene rings is 1. The van der Waals surface area contributed by atoms with E-state index >= 15 is 0 Å². The summed E-state index contributed by atoms with van der Waals surface area (Å²) in [6.07, 6.45) is 0. The van der Waals surface area contributed by atoms with E-state index in [1.165, 1.54) is 4.46 Å². The van der Waals surface area contributed by atoms with Crippen molar-refractivity contribution in [3.05, 3.63) is 30.3 Å². The first-order valence-corrected chi connectivity index (χ1v) is 4.11. The summed E-state index contributed by atoms with van der Waals surface area (Å²) in [5.74, 6) is 0. The van der Waals surface area contributed by atoms with Crippen molar-refractivity contribution in [1.29, 1.82) is 0 Å². The molecule has 0 amide bonds. The summed E-state index contributed by atoms with van der Waals surface area (Å²) in [4.78, 5) is 0. The summed E-state index contributed by atoms with van der Waals surface area (Å²) in [5.41, 5.74) is 0. The zero-order valence-electron chi connectivity index (χ0n) is 4.29. The third-order valence-corrected chi connectivity index (χ3v) is 1.97. The van der Waals surface area contributed by atoms with E-state index in [-0.39, 0.29) is 15.2 Å². The van der Waals surface area contributed by atoms with Gasteiger partial charge in [0.1, 0.15) is 0 Å². The van der Waals surface area contributed by atoms with Gasteiger partial charge in [0.25, 0.3) is 0 Å². The molecule has 0 aliphatic carbocycles. The molecule has 0 bridgehead atoms. The van der Waals surface area contributed by atoms with Crippen LogP contribution in [0.5, 0.6) is 0 Å². The molecular formula is C6H6NSe. The van der Waals surface area contributed by atoms with Gasteiger partial charge in [-0.1, -0.05) is 0 Å². The molecule has 0 unspecified atom stereocenters. The van der Waals surface area contributed by atoms with Crippen LogP contribution in [-0.2, 0) is 0 Å². The summed E-state index contributed by atoms with van der Waals surface area (Å²) >= 11 is 0.148. The molecule has 0 aliphatic heterocycles. The van der Waals surface area contributed by atoms with E-state index in [0.717, 1.165) is 0 Å². The van der Waals surface area contributed by atoms with E-state index in [4.69, 9.17) is 4.75 Å². The van der Waals surface area contributed by atoms with Crippen molar-refractivity contribution in [1.82, 2.24) is 0 Å². The van der Waals surface area contributed by atoms with Gasteiger partial charge in [0, 0.05) is 0 Å². The third-order valence-electron chi connectivity index (χ3n) is 0.824. The first-order chi connectivity index (χ1) is 3.93. The Morgan fingerprint density at radius 3 is 2.38 bits per heavy atom. The van der Waals surface area contributed by atoms with E-state index < -0.39 is 0 Å². The van der Waals surface area contributed by atoms with Gasteiger partial charge in [-0.2, -0.15) is 0 Å². The van der Waals surface area contributed by atoms with Crippen molar-refractivity contribution in [3.8, 4) is 0 Å². The Bertz CT molecular complexity index is 150. The molecule has 1 rings (SSSR count). The molecule has 1 radical (unpaired) electrons. The SMILES string of the molecule is N[Se]c1cc[c]cc1. The Morgan fingerprint density at radius 2 is 2.00 bits per heavy atom. The van der Waals surface area contributed by atoms with Crippen LogP contribution in [-0.4, -0.2) is 15.2 Å². The van der Waals surface area contributed by atoms with E-state index in [0.29, 0.717) is 0 Å². The molecule has 41 valence electrons. The topological polar surface area (TPSA) is 26.0 Å². The van der Waals surface area contributed by atoms with Gasteiger partial charge >= 0.3 is 54.7 Å². The minimum absolute atomic E-state index is 0.148. The normalized spacial score (nSPS) is 9.12. The summed E-state index contributed by atoms with van der Waals surface area (Å²) in [6.45, 7) is 0. The second-order valence-corrected chi connectivity index (χ2v) is 2.84. The van der Waals surface area contributed by atoms with Crippen LogP contribution >= 0.6 is 0 Å². The Labute approximate surface area is 55.3 Å². The van der Waals surface area contributed by atoms with Gasteiger partial charge in [-0.25, -0.2) is 0 Å². The maximum atomic E-state index is 5.40. The van der Waals surface area contributed by atoms with Gasteiger partial charge in [0.15, 0.2) is 0 Å². The van der Waals surface area contributed by atoms with Crippen molar-refractivity contribution < 1.29 is 0 Å². The monoisotopic (exact) mass is 172 g/mol. The molecule has 2 heteroatoms. The molecule has 0 spiro atoms. The van der Waals surface area contributed by atoms with Crippen LogP contribution in [0, 0.1) is 6.07 Å². The third kappa shape index (κ3) is 1.34. The zero-order valence-corrected chi connectivity index (χ0v) is 6.01. The molecule has 0 saturated carbocycles. The Morgan fingerprint density at radius 1 is 1.38 bits per heavy atom. The van der Waals surface area contributed by atoms with E-state index in [2.05, 4.69) is 6.07 Å². The van der Waals surface area contributed by atoms with Gasteiger partial charge in [-0.15, -0.1) is 0 Å². The van der Waals surface area contributed by atoms with E-state index in [1.54, 1.807) is 0 Å². The molecule has 1 aromatic carbocycles. The predicted octanol–water partition coefficient (Wildman–Crippen LogP) is -0.310. The maximum absolute atomic E-state index is 5.40. The molecule has 0 saturated heterocycles. The molecule has 0 aromatic heterocycles. The quantitative estimate of drug-likeness (QED) is 0.576. The van der Waals surface area contributed by atoms with E-state index in [1.807, 2.05) is 24.3 Å². The van der Waals surface area contributed by atoms with Crippen molar-refractivity contribution in [2.75, 3.05) is 0 Å². The summed E-state index contributed by atoms with van der Waals surface area (Å²) in [6, 6.07) is 10.7. The first kappa shape index (κ1) is 5.83. The standard InChI is InChI=1S/C6H6NSe/c7-8-6-4-2-1-3-5-6/h2-5H,7H2. The molecule has 2 N–H and O–H groups in total. The van der Waals surface area contributed by atoms with Gasteiger partial charge in [-0.05, 0) is 0 Å². The van der Waals surface area contributed by atoms with Gasteiger partial charge in [0.05, 0.1) is 0 Å². The number of hydrogen-bond acceptors (Lipinski definition) is 1.